The van der Waals surface area contributed by atoms with Crippen molar-refractivity contribution >= 4 is 34.2 Å². The Hall–Kier alpha value is -4.14. The minimum Gasteiger partial charge on any atom is -0.493 e. The van der Waals surface area contributed by atoms with Crippen LogP contribution in [0.3, 0.4) is 0 Å². The molecule has 3 aliphatic heterocycles. The van der Waals surface area contributed by atoms with Crippen LogP contribution in [0.2, 0.25) is 0 Å². The van der Waals surface area contributed by atoms with Gasteiger partial charge in [-0.15, -0.1) is 10.2 Å². The summed E-state index contributed by atoms with van der Waals surface area (Å²) < 4.78 is 31.8. The van der Waals surface area contributed by atoms with Gasteiger partial charge in [0.15, 0.2) is 11.5 Å². The van der Waals surface area contributed by atoms with E-state index in [-0.39, 0.29) is 54.6 Å². The van der Waals surface area contributed by atoms with Crippen molar-refractivity contribution in [2.45, 2.75) is 44.8 Å². The van der Waals surface area contributed by atoms with Gasteiger partial charge in [-0.3, -0.25) is 24.6 Å². The molecule has 1 fully saturated rings. The molecule has 12 nitrogen and oxygen atoms in total. The summed E-state index contributed by atoms with van der Waals surface area (Å²) in [4.78, 5) is 40.4. The molecule has 14 heteroatoms. The maximum Gasteiger partial charge on any atom is 0.251 e. The number of nitrogens with zero attached hydrogens (tertiary/aromatic N) is 3. The van der Waals surface area contributed by atoms with E-state index in [0.29, 0.717) is 61.3 Å². The summed E-state index contributed by atoms with van der Waals surface area (Å²) in [5.74, 6) is -0.529. The molecule has 1 saturated heterocycles. The SMILES string of the molecule is COc1cc2ccc1Oc1cccc(F)c1CNC(=O)CCCN(CC(=O)Nc1nnc(C3CCCO3)s1)CCCNC2=O. The number of amides is 3. The van der Waals surface area contributed by atoms with Crippen LogP contribution >= 0.6 is 11.3 Å². The van der Waals surface area contributed by atoms with Crippen LogP contribution in [0.5, 0.6) is 17.2 Å². The number of fused-ring (bicyclic) bond motifs is 13. The number of ether oxygens (including phenoxy) is 3. The molecule has 4 heterocycles. The Labute approximate surface area is 258 Å². The number of rotatable bonds is 5. The molecule has 6 rings (SSSR count). The summed E-state index contributed by atoms with van der Waals surface area (Å²) in [7, 11) is 1.45. The number of carbonyl (C=O) groups is 3. The first-order valence-corrected chi connectivity index (χ1v) is 15.4. The van der Waals surface area contributed by atoms with Crippen LogP contribution in [0.25, 0.3) is 0 Å². The summed E-state index contributed by atoms with van der Waals surface area (Å²) in [6.45, 7) is 2.01. The zero-order valence-electron chi connectivity index (χ0n) is 24.4. The molecule has 3 aliphatic rings. The van der Waals surface area contributed by atoms with Gasteiger partial charge in [-0.25, -0.2) is 4.39 Å². The lowest BCUT2D eigenvalue weighted by atomic mass is 10.1. The van der Waals surface area contributed by atoms with Gasteiger partial charge in [-0.05, 0) is 62.6 Å². The second-order valence-corrected chi connectivity index (χ2v) is 11.5. The summed E-state index contributed by atoms with van der Waals surface area (Å²) in [5.41, 5.74) is 0.551. The van der Waals surface area contributed by atoms with Gasteiger partial charge in [0.05, 0.1) is 13.7 Å². The number of hydrogen-bond donors (Lipinski definition) is 3. The van der Waals surface area contributed by atoms with E-state index in [0.717, 1.165) is 17.8 Å². The van der Waals surface area contributed by atoms with Gasteiger partial charge < -0.3 is 24.8 Å². The molecule has 3 aromatic rings. The normalized spacial score (nSPS) is 18.6. The number of halogens is 1. The second kappa shape index (κ2) is 15.0. The molecule has 0 spiro atoms. The predicted molar refractivity (Wildman–Crippen MR) is 160 cm³/mol. The molecule has 44 heavy (non-hydrogen) atoms. The number of aromatic nitrogens is 2. The van der Waals surface area contributed by atoms with E-state index in [9.17, 15) is 18.8 Å². The molecule has 0 aliphatic carbocycles. The maximum atomic E-state index is 14.8. The van der Waals surface area contributed by atoms with Crippen molar-refractivity contribution in [1.82, 2.24) is 25.7 Å². The average molecular weight is 627 g/mol. The van der Waals surface area contributed by atoms with Crippen LogP contribution in [0.15, 0.2) is 36.4 Å². The minimum atomic E-state index is -0.529. The fourth-order valence-corrected chi connectivity index (χ4v) is 5.83. The summed E-state index contributed by atoms with van der Waals surface area (Å²) >= 11 is 1.30. The number of methoxy groups -OCH3 is 1. The molecule has 3 N–H and O–H groups in total. The molecule has 234 valence electrons. The molecule has 1 aromatic heterocycles. The third-order valence-electron chi connectivity index (χ3n) is 7.26. The van der Waals surface area contributed by atoms with Crippen molar-refractivity contribution in [3.05, 3.63) is 58.3 Å². The highest BCUT2D eigenvalue weighted by molar-refractivity contribution is 7.15. The van der Waals surface area contributed by atoms with E-state index in [1.807, 2.05) is 4.90 Å². The van der Waals surface area contributed by atoms with Crippen LogP contribution in [-0.2, 0) is 20.9 Å². The van der Waals surface area contributed by atoms with Crippen LogP contribution in [0.1, 0.15) is 59.1 Å². The number of nitrogens with one attached hydrogen (secondary N) is 3. The fraction of sp³-hybridized carbons (Fsp3) is 0.433. The van der Waals surface area contributed by atoms with E-state index < -0.39 is 5.82 Å². The molecular weight excluding hydrogens is 591 g/mol. The monoisotopic (exact) mass is 626 g/mol. The van der Waals surface area contributed by atoms with E-state index in [2.05, 4.69) is 26.1 Å². The smallest absolute Gasteiger partial charge is 0.251 e. The van der Waals surface area contributed by atoms with Crippen molar-refractivity contribution in [3.8, 4) is 17.2 Å². The lowest BCUT2D eigenvalue weighted by Gasteiger charge is -2.21. The van der Waals surface area contributed by atoms with Crippen molar-refractivity contribution in [2.75, 3.05) is 45.2 Å². The Morgan fingerprint density at radius 3 is 2.82 bits per heavy atom. The van der Waals surface area contributed by atoms with Gasteiger partial charge in [0, 0.05) is 43.8 Å². The third-order valence-corrected chi connectivity index (χ3v) is 8.19. The molecule has 1 atom stereocenters. The van der Waals surface area contributed by atoms with Crippen molar-refractivity contribution in [3.63, 3.8) is 0 Å². The standard InChI is InChI=1S/C30H35FN6O6S/c1-41-25-16-19-10-11-23(25)43-22-7-2-6-21(31)20(22)17-33-26(38)9-3-13-37(14-5-12-32-28(19)40)18-27(39)34-30-36-35-29(44-30)24-8-4-15-42-24/h2,6-7,10-11,16,24H,3-5,8-9,12-15,17-18H2,1H3,(H,32,40)(H,33,38)(H,34,36,39). The Morgan fingerprint density at radius 1 is 1.14 bits per heavy atom. The third kappa shape index (κ3) is 8.27. The predicted octanol–water partition coefficient (Wildman–Crippen LogP) is 3.80. The second-order valence-electron chi connectivity index (χ2n) is 10.4. The van der Waals surface area contributed by atoms with Crippen molar-refractivity contribution in [1.29, 1.82) is 0 Å². The Kier molecular flexibility index (Phi) is 10.7. The fourth-order valence-electron chi connectivity index (χ4n) is 4.98. The topological polar surface area (TPSA) is 144 Å². The summed E-state index contributed by atoms with van der Waals surface area (Å²) in [6, 6.07) is 9.13. The van der Waals surface area contributed by atoms with Crippen LogP contribution in [0, 0.1) is 5.82 Å². The molecule has 2 bridgehead atoms. The van der Waals surface area contributed by atoms with Gasteiger partial charge in [0.1, 0.15) is 22.7 Å². The molecule has 0 radical (unpaired) electrons. The van der Waals surface area contributed by atoms with Gasteiger partial charge in [-0.1, -0.05) is 17.4 Å². The van der Waals surface area contributed by atoms with E-state index >= 15 is 0 Å². The van der Waals surface area contributed by atoms with Crippen LogP contribution < -0.4 is 25.4 Å². The Balaban J connectivity index is 1.27. The maximum absolute atomic E-state index is 14.8. The van der Waals surface area contributed by atoms with E-state index in [4.69, 9.17) is 14.2 Å². The Morgan fingerprint density at radius 2 is 2.00 bits per heavy atom. The number of hydrogen-bond acceptors (Lipinski definition) is 10. The highest BCUT2D eigenvalue weighted by atomic mass is 32.1. The van der Waals surface area contributed by atoms with Crippen molar-refractivity contribution < 1.29 is 33.0 Å². The summed E-state index contributed by atoms with van der Waals surface area (Å²) in [6.07, 6.45) is 2.99. The number of carbonyl (C=O) groups excluding carboxylic acids is 3. The van der Waals surface area contributed by atoms with E-state index in [1.165, 1.54) is 30.6 Å². The summed E-state index contributed by atoms with van der Waals surface area (Å²) in [5, 5.41) is 17.9. The molecule has 0 saturated carbocycles. The van der Waals surface area contributed by atoms with E-state index in [1.54, 1.807) is 24.3 Å². The molecule has 3 amide bonds. The number of benzene rings is 2. The lowest BCUT2D eigenvalue weighted by molar-refractivity contribution is -0.121. The number of anilines is 1. The lowest BCUT2D eigenvalue weighted by Crippen LogP contribution is -2.37. The highest BCUT2D eigenvalue weighted by Crippen LogP contribution is 2.35. The first-order valence-electron chi connectivity index (χ1n) is 14.5. The first-order chi connectivity index (χ1) is 21.4. The average Bonchev–Trinajstić information content (AvgIpc) is 3.71. The van der Waals surface area contributed by atoms with Crippen LogP contribution in [-0.4, -0.2) is 72.7 Å². The minimum absolute atomic E-state index is 0.0684. The molecule has 1 unspecified atom stereocenters. The molecule has 2 aromatic carbocycles. The van der Waals surface area contributed by atoms with Gasteiger partial charge in [-0.2, -0.15) is 0 Å². The van der Waals surface area contributed by atoms with Crippen molar-refractivity contribution in [2.24, 2.45) is 0 Å². The quantitative estimate of drug-likeness (QED) is 0.385. The highest BCUT2D eigenvalue weighted by Gasteiger charge is 2.23. The first kappa shape index (κ1) is 31.3. The van der Waals surface area contributed by atoms with Crippen LogP contribution in [0.4, 0.5) is 9.52 Å². The zero-order chi connectivity index (χ0) is 30.9. The molecular formula is C30H35FN6O6S. The Bertz CT molecular complexity index is 1480. The van der Waals surface area contributed by atoms with Gasteiger partial charge in [0.25, 0.3) is 5.91 Å². The van der Waals surface area contributed by atoms with Gasteiger partial charge >= 0.3 is 0 Å². The van der Waals surface area contributed by atoms with Gasteiger partial charge in [0.2, 0.25) is 16.9 Å². The largest absolute Gasteiger partial charge is 0.493 e. The zero-order valence-corrected chi connectivity index (χ0v) is 25.2.